The molecule has 3 aromatic rings. The number of aliphatic hydroxyl groups excluding tert-OH is 1. The second-order valence-electron chi connectivity index (χ2n) is 5.84. The lowest BCUT2D eigenvalue weighted by molar-refractivity contribution is 0.0906. The molecule has 6 heteroatoms. The number of nitrogens with one attached hydrogen (secondary N) is 1. The Morgan fingerprint density at radius 1 is 1.42 bits per heavy atom. The Morgan fingerprint density at radius 2 is 2.21 bits per heavy atom. The molecular formula is C18H18FNO3S. The summed E-state index contributed by atoms with van der Waals surface area (Å²) in [6, 6.07) is 7.69. The summed E-state index contributed by atoms with van der Waals surface area (Å²) in [6.45, 7) is 3.64. The van der Waals surface area contributed by atoms with E-state index in [2.05, 4.69) is 5.32 Å². The van der Waals surface area contributed by atoms with Gasteiger partial charge in [0.05, 0.1) is 11.1 Å². The lowest BCUT2D eigenvalue weighted by Crippen LogP contribution is -2.33. The van der Waals surface area contributed by atoms with Gasteiger partial charge in [0.1, 0.15) is 17.7 Å². The maximum absolute atomic E-state index is 13.4. The predicted molar refractivity (Wildman–Crippen MR) is 91.7 cm³/mol. The number of halogens is 1. The van der Waals surface area contributed by atoms with Crippen molar-refractivity contribution in [1.82, 2.24) is 5.32 Å². The molecule has 4 nitrogen and oxygen atoms in total. The van der Waals surface area contributed by atoms with E-state index in [0.29, 0.717) is 17.1 Å². The number of carbonyl (C=O) groups is 1. The molecule has 2 aromatic heterocycles. The molecule has 2 atom stereocenters. The van der Waals surface area contributed by atoms with Crippen LogP contribution >= 0.6 is 11.3 Å². The van der Waals surface area contributed by atoms with Crippen LogP contribution in [0, 0.1) is 12.7 Å². The highest BCUT2D eigenvalue weighted by Crippen LogP contribution is 2.31. The van der Waals surface area contributed by atoms with Crippen LogP contribution in [0.5, 0.6) is 0 Å². The van der Waals surface area contributed by atoms with Crippen LogP contribution in [-0.2, 0) is 0 Å². The van der Waals surface area contributed by atoms with Crippen LogP contribution in [0.15, 0.2) is 41.0 Å². The molecule has 0 aliphatic rings. The van der Waals surface area contributed by atoms with Crippen molar-refractivity contribution in [1.29, 1.82) is 0 Å². The summed E-state index contributed by atoms with van der Waals surface area (Å²) in [5.41, 5.74) is 0.769. The van der Waals surface area contributed by atoms with E-state index in [1.165, 1.54) is 29.7 Å². The molecule has 126 valence electrons. The second kappa shape index (κ2) is 6.75. The van der Waals surface area contributed by atoms with Crippen LogP contribution in [0.25, 0.3) is 10.1 Å². The quantitative estimate of drug-likeness (QED) is 0.728. The average Bonchev–Trinajstić information content (AvgIpc) is 3.16. The summed E-state index contributed by atoms with van der Waals surface area (Å²) in [7, 11) is 0. The van der Waals surface area contributed by atoms with Crippen LogP contribution in [-0.4, -0.2) is 17.1 Å². The molecule has 0 aliphatic heterocycles. The Kier molecular flexibility index (Phi) is 4.69. The first-order valence-corrected chi connectivity index (χ1v) is 8.48. The summed E-state index contributed by atoms with van der Waals surface area (Å²) >= 11 is 1.34. The Balaban J connectivity index is 1.71. The predicted octanol–water partition coefficient (Wildman–Crippen LogP) is 4.18. The van der Waals surface area contributed by atoms with Gasteiger partial charge in [0, 0.05) is 17.2 Å². The van der Waals surface area contributed by atoms with Gasteiger partial charge in [-0.05, 0) is 55.1 Å². The number of hydrogen-bond donors (Lipinski definition) is 2. The summed E-state index contributed by atoms with van der Waals surface area (Å²) in [5.74, 6) is -0.0526. The Labute approximate surface area is 142 Å². The zero-order valence-electron chi connectivity index (χ0n) is 13.4. The van der Waals surface area contributed by atoms with Crippen molar-refractivity contribution in [2.45, 2.75) is 32.4 Å². The third-order valence-corrected chi connectivity index (χ3v) is 5.20. The molecule has 2 unspecified atom stereocenters. The minimum atomic E-state index is -0.770. The van der Waals surface area contributed by atoms with Gasteiger partial charge in [-0.1, -0.05) is 0 Å². The fourth-order valence-corrected chi connectivity index (χ4v) is 3.78. The van der Waals surface area contributed by atoms with Crippen LogP contribution in [0.4, 0.5) is 4.39 Å². The van der Waals surface area contributed by atoms with Gasteiger partial charge in [-0.25, -0.2) is 4.39 Å². The average molecular weight is 347 g/mol. The van der Waals surface area contributed by atoms with E-state index in [0.717, 1.165) is 15.6 Å². The van der Waals surface area contributed by atoms with Gasteiger partial charge < -0.3 is 14.8 Å². The molecule has 2 heterocycles. The maximum atomic E-state index is 13.4. The number of fused-ring (bicyclic) bond motifs is 1. The molecule has 2 N–H and O–H groups in total. The van der Waals surface area contributed by atoms with Crippen molar-refractivity contribution in [3.8, 4) is 0 Å². The topological polar surface area (TPSA) is 62.5 Å². The lowest BCUT2D eigenvalue weighted by atomic mass is 10.1. The number of aliphatic hydroxyl groups is 1. The van der Waals surface area contributed by atoms with E-state index in [9.17, 15) is 14.3 Å². The van der Waals surface area contributed by atoms with Gasteiger partial charge in [-0.2, -0.15) is 0 Å². The number of hydrogen-bond acceptors (Lipinski definition) is 4. The van der Waals surface area contributed by atoms with Crippen molar-refractivity contribution in [2.75, 3.05) is 0 Å². The van der Waals surface area contributed by atoms with Crippen LogP contribution < -0.4 is 5.32 Å². The number of rotatable bonds is 5. The van der Waals surface area contributed by atoms with Crippen molar-refractivity contribution in [3.05, 3.63) is 58.6 Å². The third kappa shape index (κ3) is 3.34. The number of aryl methyl sites for hydroxylation is 1. The highest BCUT2D eigenvalue weighted by molar-refractivity contribution is 7.21. The van der Waals surface area contributed by atoms with Gasteiger partial charge in [0.25, 0.3) is 5.91 Å². The number of furan rings is 1. The number of benzene rings is 1. The molecule has 1 amide bonds. The van der Waals surface area contributed by atoms with E-state index in [1.54, 1.807) is 18.2 Å². The molecule has 0 bridgehead atoms. The molecule has 0 radical (unpaired) electrons. The second-order valence-corrected chi connectivity index (χ2v) is 6.89. The standard InChI is InChI=1S/C18H18FNO3S/c1-10(8-14(21)15-4-3-7-23-15)20-18(22)17-11(2)13-9-12(19)5-6-16(13)24-17/h3-7,9-10,14,21H,8H2,1-2H3,(H,20,22). The molecule has 24 heavy (non-hydrogen) atoms. The number of carbonyl (C=O) groups excluding carboxylic acids is 1. The fraction of sp³-hybridized carbons (Fsp3) is 0.278. The van der Waals surface area contributed by atoms with Crippen LogP contribution in [0.2, 0.25) is 0 Å². The molecule has 0 fully saturated rings. The molecule has 3 rings (SSSR count). The van der Waals surface area contributed by atoms with Crippen LogP contribution in [0.3, 0.4) is 0 Å². The van der Waals surface area contributed by atoms with Crippen molar-refractivity contribution in [2.24, 2.45) is 0 Å². The molecule has 0 saturated heterocycles. The Bertz CT molecular complexity index is 857. The summed E-state index contributed by atoms with van der Waals surface area (Å²) < 4.78 is 19.4. The van der Waals surface area contributed by atoms with Gasteiger partial charge in [-0.3, -0.25) is 4.79 Å². The maximum Gasteiger partial charge on any atom is 0.261 e. The Morgan fingerprint density at radius 3 is 2.92 bits per heavy atom. The summed E-state index contributed by atoms with van der Waals surface area (Å²) in [5, 5.41) is 13.7. The van der Waals surface area contributed by atoms with Crippen molar-refractivity contribution in [3.63, 3.8) is 0 Å². The first-order chi connectivity index (χ1) is 11.5. The highest BCUT2D eigenvalue weighted by atomic mass is 32.1. The zero-order valence-corrected chi connectivity index (χ0v) is 14.2. The normalized spacial score (nSPS) is 13.8. The zero-order chi connectivity index (χ0) is 17.3. The van der Waals surface area contributed by atoms with Gasteiger partial charge in [0.2, 0.25) is 0 Å². The van der Waals surface area contributed by atoms with Crippen molar-refractivity contribution >= 4 is 27.3 Å². The largest absolute Gasteiger partial charge is 0.467 e. The van der Waals surface area contributed by atoms with Gasteiger partial charge >= 0.3 is 0 Å². The molecule has 0 saturated carbocycles. The molecule has 0 aliphatic carbocycles. The lowest BCUT2D eigenvalue weighted by Gasteiger charge is -2.16. The Hall–Kier alpha value is -2.18. The first-order valence-electron chi connectivity index (χ1n) is 7.66. The summed E-state index contributed by atoms with van der Waals surface area (Å²) in [4.78, 5) is 13.1. The third-order valence-electron chi connectivity index (χ3n) is 3.93. The highest BCUT2D eigenvalue weighted by Gasteiger charge is 2.20. The smallest absolute Gasteiger partial charge is 0.261 e. The SMILES string of the molecule is Cc1c(C(=O)NC(C)CC(O)c2ccco2)sc2ccc(F)cc12. The number of thiophene rings is 1. The van der Waals surface area contributed by atoms with E-state index in [1.807, 2.05) is 13.8 Å². The first kappa shape index (κ1) is 16.7. The molecular weight excluding hydrogens is 329 g/mol. The van der Waals surface area contributed by atoms with E-state index < -0.39 is 6.10 Å². The van der Waals surface area contributed by atoms with Crippen molar-refractivity contribution < 1.29 is 18.7 Å². The molecule has 0 spiro atoms. The minimum Gasteiger partial charge on any atom is -0.467 e. The fourth-order valence-electron chi connectivity index (χ4n) is 2.69. The van der Waals surface area contributed by atoms with E-state index in [-0.39, 0.29) is 17.8 Å². The van der Waals surface area contributed by atoms with Gasteiger partial charge in [-0.15, -0.1) is 11.3 Å². The monoisotopic (exact) mass is 347 g/mol. The van der Waals surface area contributed by atoms with Gasteiger partial charge in [0.15, 0.2) is 0 Å². The minimum absolute atomic E-state index is 0.215. The van der Waals surface area contributed by atoms with E-state index in [4.69, 9.17) is 4.42 Å². The number of amides is 1. The van der Waals surface area contributed by atoms with Crippen LogP contribution in [0.1, 0.15) is 40.4 Å². The summed E-state index contributed by atoms with van der Waals surface area (Å²) in [6.07, 6.45) is 1.08. The van der Waals surface area contributed by atoms with E-state index >= 15 is 0 Å². The molecule has 1 aromatic carbocycles.